The minimum absolute atomic E-state index is 0.0955. The van der Waals surface area contributed by atoms with Crippen LogP contribution in [0.5, 0.6) is 5.75 Å². The molecule has 1 amide bonds. The highest BCUT2D eigenvalue weighted by Crippen LogP contribution is 2.29. The number of aromatic nitrogens is 2. The lowest BCUT2D eigenvalue weighted by Crippen LogP contribution is -2.25. The van der Waals surface area contributed by atoms with Crippen LogP contribution >= 0.6 is 0 Å². The number of nitrogens with zero attached hydrogens (tertiary/aromatic N) is 4. The second-order valence-corrected chi connectivity index (χ2v) is 9.04. The lowest BCUT2D eigenvalue weighted by molar-refractivity contribution is -0.123. The molecule has 1 aliphatic heterocycles. The van der Waals surface area contributed by atoms with Crippen molar-refractivity contribution >= 4 is 17.9 Å². The van der Waals surface area contributed by atoms with Crippen molar-refractivity contribution in [2.24, 2.45) is 5.10 Å². The zero-order valence-corrected chi connectivity index (χ0v) is 20.4. The molecule has 7 heteroatoms. The van der Waals surface area contributed by atoms with Crippen molar-refractivity contribution in [3.05, 3.63) is 70.9 Å². The van der Waals surface area contributed by atoms with Crippen molar-refractivity contribution in [1.82, 2.24) is 15.2 Å². The number of hydrogen-bond donors (Lipinski definition) is 1. The third kappa shape index (κ3) is 5.30. The van der Waals surface area contributed by atoms with Gasteiger partial charge in [-0.1, -0.05) is 44.2 Å². The molecular weight excluding hydrogens is 426 g/mol. The zero-order chi connectivity index (χ0) is 24.1. The summed E-state index contributed by atoms with van der Waals surface area (Å²) < 4.78 is 7.79. The van der Waals surface area contributed by atoms with Crippen LogP contribution in [0.1, 0.15) is 55.0 Å². The van der Waals surface area contributed by atoms with Crippen LogP contribution in [0.15, 0.2) is 53.6 Å². The Bertz CT molecular complexity index is 1160. The number of para-hydroxylation sites is 1. The number of nitrogens with one attached hydrogen (secondary N) is 1. The van der Waals surface area contributed by atoms with E-state index in [1.165, 1.54) is 0 Å². The Labute approximate surface area is 201 Å². The van der Waals surface area contributed by atoms with Gasteiger partial charge in [-0.2, -0.15) is 10.2 Å². The molecule has 0 bridgehead atoms. The molecule has 0 saturated carbocycles. The van der Waals surface area contributed by atoms with E-state index >= 15 is 0 Å². The van der Waals surface area contributed by atoms with Gasteiger partial charge in [-0.05, 0) is 61.9 Å². The van der Waals surface area contributed by atoms with Crippen molar-refractivity contribution in [1.29, 1.82) is 0 Å². The van der Waals surface area contributed by atoms with E-state index in [0.717, 1.165) is 65.6 Å². The summed E-state index contributed by atoms with van der Waals surface area (Å²) in [6, 6.07) is 16.2. The van der Waals surface area contributed by atoms with Gasteiger partial charge in [-0.15, -0.1) is 0 Å². The Kier molecular flexibility index (Phi) is 7.30. The van der Waals surface area contributed by atoms with Crippen LogP contribution < -0.4 is 15.1 Å². The average Bonchev–Trinajstić information content (AvgIpc) is 3.46. The number of carbonyl (C=O) groups is 1. The molecule has 0 radical (unpaired) electrons. The molecule has 1 N–H and O–H groups in total. The van der Waals surface area contributed by atoms with Gasteiger partial charge >= 0.3 is 0 Å². The molecule has 1 fully saturated rings. The summed E-state index contributed by atoms with van der Waals surface area (Å²) in [6.45, 7) is 10.1. The highest BCUT2D eigenvalue weighted by Gasteiger charge is 2.23. The third-order valence-corrected chi connectivity index (χ3v) is 6.02. The van der Waals surface area contributed by atoms with Gasteiger partial charge in [-0.25, -0.2) is 10.1 Å². The summed E-state index contributed by atoms with van der Waals surface area (Å²) in [6.07, 6.45) is 4.00. The standard InChI is InChI=1S/C27H33N5O2/c1-19(2)23-13-12-20(3)16-25(23)34-18-26(33)29-28-17-24-21(4)30-32(22-10-6-5-7-11-22)27(24)31-14-8-9-15-31/h5-7,10-13,16-17,19H,8-9,14-15,18H2,1-4H3,(H,29,33). The lowest BCUT2D eigenvalue weighted by atomic mass is 10.0. The van der Waals surface area contributed by atoms with E-state index in [0.29, 0.717) is 5.92 Å². The summed E-state index contributed by atoms with van der Waals surface area (Å²) in [7, 11) is 0. The number of anilines is 1. The predicted octanol–water partition coefficient (Wildman–Crippen LogP) is 4.74. The molecule has 178 valence electrons. The van der Waals surface area contributed by atoms with E-state index in [4.69, 9.17) is 9.84 Å². The first kappa shape index (κ1) is 23.5. The van der Waals surface area contributed by atoms with Crippen LogP contribution in [0.4, 0.5) is 5.82 Å². The van der Waals surface area contributed by atoms with Crippen molar-refractivity contribution in [3.63, 3.8) is 0 Å². The van der Waals surface area contributed by atoms with Crippen LogP contribution in [0.25, 0.3) is 5.69 Å². The minimum Gasteiger partial charge on any atom is -0.483 e. The van der Waals surface area contributed by atoms with Crippen LogP contribution in [0.2, 0.25) is 0 Å². The van der Waals surface area contributed by atoms with Crippen LogP contribution in [0, 0.1) is 13.8 Å². The molecule has 4 rings (SSSR count). The van der Waals surface area contributed by atoms with E-state index in [2.05, 4.69) is 41.4 Å². The van der Waals surface area contributed by atoms with Crippen molar-refractivity contribution in [3.8, 4) is 11.4 Å². The number of hydrogen-bond acceptors (Lipinski definition) is 5. The maximum atomic E-state index is 12.4. The Balaban J connectivity index is 1.48. The molecule has 34 heavy (non-hydrogen) atoms. The van der Waals surface area contributed by atoms with Crippen molar-refractivity contribution < 1.29 is 9.53 Å². The number of amides is 1. The Morgan fingerprint density at radius 2 is 1.88 bits per heavy atom. The van der Waals surface area contributed by atoms with Gasteiger partial charge in [0, 0.05) is 13.1 Å². The number of ether oxygens (including phenoxy) is 1. The smallest absolute Gasteiger partial charge is 0.277 e. The fourth-order valence-corrected chi connectivity index (χ4v) is 4.25. The molecule has 2 heterocycles. The van der Waals surface area contributed by atoms with Gasteiger partial charge < -0.3 is 9.64 Å². The molecule has 0 spiro atoms. The largest absolute Gasteiger partial charge is 0.483 e. The molecule has 2 aromatic carbocycles. The summed E-state index contributed by atoms with van der Waals surface area (Å²) in [5, 5.41) is 9.02. The molecule has 3 aromatic rings. The molecule has 0 unspecified atom stereocenters. The molecule has 7 nitrogen and oxygen atoms in total. The first-order valence-electron chi connectivity index (χ1n) is 11.9. The number of rotatable bonds is 8. The Morgan fingerprint density at radius 1 is 1.15 bits per heavy atom. The quantitative estimate of drug-likeness (QED) is 0.390. The molecule has 1 aliphatic rings. The average molecular weight is 460 g/mol. The highest BCUT2D eigenvalue weighted by atomic mass is 16.5. The van der Waals surface area contributed by atoms with Crippen LogP contribution in [-0.4, -0.2) is 41.6 Å². The van der Waals surface area contributed by atoms with Crippen molar-refractivity contribution in [2.45, 2.75) is 46.5 Å². The Morgan fingerprint density at radius 3 is 2.59 bits per heavy atom. The van der Waals surface area contributed by atoms with Gasteiger partial charge in [0.15, 0.2) is 6.61 Å². The van der Waals surface area contributed by atoms with Crippen LogP contribution in [0.3, 0.4) is 0 Å². The topological polar surface area (TPSA) is 71.7 Å². The van der Waals surface area contributed by atoms with E-state index in [9.17, 15) is 4.79 Å². The van der Waals surface area contributed by atoms with E-state index in [1.807, 2.05) is 54.9 Å². The van der Waals surface area contributed by atoms with Crippen LogP contribution in [-0.2, 0) is 4.79 Å². The molecule has 1 aromatic heterocycles. The summed E-state index contributed by atoms with van der Waals surface area (Å²) in [5.41, 5.74) is 7.56. The molecule has 0 aliphatic carbocycles. The predicted molar refractivity (Wildman–Crippen MR) is 136 cm³/mol. The summed E-state index contributed by atoms with van der Waals surface area (Å²) in [4.78, 5) is 14.8. The number of carbonyl (C=O) groups excluding carboxylic acids is 1. The molecular formula is C27H33N5O2. The maximum absolute atomic E-state index is 12.4. The highest BCUT2D eigenvalue weighted by molar-refractivity contribution is 5.90. The lowest BCUT2D eigenvalue weighted by Gasteiger charge is -2.20. The number of aryl methyl sites for hydroxylation is 2. The van der Waals surface area contributed by atoms with E-state index in [-0.39, 0.29) is 12.5 Å². The second-order valence-electron chi connectivity index (χ2n) is 9.04. The first-order valence-corrected chi connectivity index (χ1v) is 11.9. The molecule has 0 atom stereocenters. The minimum atomic E-state index is -0.303. The number of benzene rings is 2. The van der Waals surface area contributed by atoms with Gasteiger partial charge in [0.25, 0.3) is 5.91 Å². The third-order valence-electron chi connectivity index (χ3n) is 6.02. The Hall–Kier alpha value is -3.61. The second kappa shape index (κ2) is 10.5. The van der Waals surface area contributed by atoms with Gasteiger partial charge in [0.1, 0.15) is 11.6 Å². The monoisotopic (exact) mass is 459 g/mol. The fourth-order valence-electron chi connectivity index (χ4n) is 4.25. The van der Waals surface area contributed by atoms with Gasteiger partial charge in [0.05, 0.1) is 23.2 Å². The number of hydrazone groups is 1. The van der Waals surface area contributed by atoms with E-state index < -0.39 is 0 Å². The fraction of sp³-hybridized carbons (Fsp3) is 0.370. The first-order chi connectivity index (χ1) is 16.4. The van der Waals surface area contributed by atoms with Gasteiger partial charge in [0.2, 0.25) is 0 Å². The maximum Gasteiger partial charge on any atom is 0.277 e. The van der Waals surface area contributed by atoms with Crippen molar-refractivity contribution in [2.75, 3.05) is 24.6 Å². The summed E-state index contributed by atoms with van der Waals surface area (Å²) >= 11 is 0. The SMILES string of the molecule is Cc1ccc(C(C)C)c(OCC(=O)NN=Cc2c(C)nn(-c3ccccc3)c2N2CCCC2)c1. The molecule has 1 saturated heterocycles. The van der Waals surface area contributed by atoms with E-state index in [1.54, 1.807) is 6.21 Å². The zero-order valence-electron chi connectivity index (χ0n) is 20.4. The summed E-state index contributed by atoms with van der Waals surface area (Å²) in [5.74, 6) is 1.76. The normalized spacial score (nSPS) is 13.7. The van der Waals surface area contributed by atoms with Gasteiger partial charge in [-0.3, -0.25) is 4.79 Å².